The van der Waals surface area contributed by atoms with Crippen LogP contribution in [0.1, 0.15) is 52.6 Å². The molecule has 2 atom stereocenters. The zero-order valence-electron chi connectivity index (χ0n) is 25.1. The minimum atomic E-state index is -0.884. The van der Waals surface area contributed by atoms with E-state index < -0.39 is 41.1 Å². The highest BCUT2D eigenvalue weighted by Crippen LogP contribution is 2.45. The number of ether oxygens (including phenoxy) is 2. The number of thiophene rings is 1. The van der Waals surface area contributed by atoms with E-state index in [1.807, 2.05) is 66.0 Å². The number of nitrogens with zero attached hydrogens (tertiary/aromatic N) is 2. The fraction of sp³-hybridized carbons (Fsp3) is 0.242. The summed E-state index contributed by atoms with van der Waals surface area (Å²) in [5.41, 5.74) is 1.41. The first kappa shape index (κ1) is 31.5. The van der Waals surface area contributed by atoms with Gasteiger partial charge in [-0.05, 0) is 43.3 Å². The maximum absolute atomic E-state index is 14.3. The van der Waals surface area contributed by atoms with E-state index in [0.717, 1.165) is 11.1 Å². The van der Waals surface area contributed by atoms with Crippen molar-refractivity contribution in [1.82, 2.24) is 15.2 Å². The Morgan fingerprint density at radius 3 is 2.26 bits per heavy atom. The lowest BCUT2D eigenvalue weighted by molar-refractivity contribution is -0.153. The van der Waals surface area contributed by atoms with Crippen molar-refractivity contribution in [1.29, 1.82) is 0 Å². The first-order valence-electron chi connectivity index (χ1n) is 14.4. The van der Waals surface area contributed by atoms with Crippen molar-refractivity contribution in [2.75, 3.05) is 11.1 Å². The molecule has 10 nitrogen and oxygen atoms in total. The molecule has 2 aromatic heterocycles. The van der Waals surface area contributed by atoms with Crippen molar-refractivity contribution in [2.45, 2.75) is 43.9 Å². The van der Waals surface area contributed by atoms with Gasteiger partial charge in [0, 0.05) is 17.5 Å². The van der Waals surface area contributed by atoms with Gasteiger partial charge in [0.2, 0.25) is 0 Å². The summed E-state index contributed by atoms with van der Waals surface area (Å²) in [4.78, 5) is 60.0. The number of fused-ring (bicyclic) bond motifs is 1. The average Bonchev–Trinajstić information content (AvgIpc) is 3.75. The standard InChI is InChI=1S/C33H30N4O6S3/c1-33(2,3)43-32(41)35-24-28(39)37-25(30(40)42-26(19-11-6-4-7-12-19)20-13-8-5-9-14-20)21(18-45-29(24)37)23-17-34-31(46-23)36-27(38)22-15-10-16-44-22/h4-17,24,26,29H,18H2,1-3H3,(H,35,41)(H,34,36,38). The molecule has 4 heterocycles. The SMILES string of the molecule is CC(C)(C)OC(=O)NC1C(=O)N2C(C(=O)OC(c3ccccc3)c3ccccc3)=C(c3cnc(NC(=O)c4cccs4)s3)CSC12. The summed E-state index contributed by atoms with van der Waals surface area (Å²) >= 11 is 3.92. The van der Waals surface area contributed by atoms with Gasteiger partial charge in [0.1, 0.15) is 22.7 Å². The molecule has 6 rings (SSSR count). The van der Waals surface area contributed by atoms with Gasteiger partial charge in [0.15, 0.2) is 11.2 Å². The molecule has 2 aliphatic heterocycles. The average molecular weight is 675 g/mol. The molecule has 4 aromatic rings. The lowest BCUT2D eigenvalue weighted by Crippen LogP contribution is -2.70. The molecular formula is C33H30N4O6S3. The van der Waals surface area contributed by atoms with Gasteiger partial charge < -0.3 is 14.8 Å². The summed E-state index contributed by atoms with van der Waals surface area (Å²) in [6, 6.07) is 21.4. The van der Waals surface area contributed by atoms with E-state index in [1.54, 1.807) is 39.1 Å². The molecule has 2 N–H and O–H groups in total. The van der Waals surface area contributed by atoms with Crippen molar-refractivity contribution >= 4 is 69.0 Å². The molecule has 0 spiro atoms. The summed E-state index contributed by atoms with van der Waals surface area (Å²) in [5, 5.41) is 7.08. The highest BCUT2D eigenvalue weighted by Gasteiger charge is 2.55. The number of esters is 1. The second-order valence-corrected chi connectivity index (χ2v) is 14.5. The van der Waals surface area contributed by atoms with Crippen LogP contribution in [0.25, 0.3) is 5.57 Å². The number of thioether (sulfide) groups is 1. The molecule has 2 aromatic carbocycles. The van der Waals surface area contributed by atoms with Crippen LogP contribution < -0.4 is 10.6 Å². The van der Waals surface area contributed by atoms with Crippen LogP contribution in [0.5, 0.6) is 0 Å². The molecule has 0 radical (unpaired) electrons. The Balaban J connectivity index is 1.33. The van der Waals surface area contributed by atoms with Crippen LogP contribution in [0, 0.1) is 0 Å². The second kappa shape index (κ2) is 13.1. The number of benzene rings is 2. The van der Waals surface area contributed by atoms with Crippen LogP contribution in [0.4, 0.5) is 9.93 Å². The normalized spacial score (nSPS) is 17.7. The number of rotatable bonds is 8. The van der Waals surface area contributed by atoms with E-state index in [2.05, 4.69) is 15.6 Å². The molecule has 46 heavy (non-hydrogen) atoms. The lowest BCUT2D eigenvalue weighted by Gasteiger charge is -2.49. The number of hydrogen-bond donors (Lipinski definition) is 2. The molecule has 2 aliphatic rings. The number of nitrogens with one attached hydrogen (secondary N) is 2. The Morgan fingerprint density at radius 1 is 0.978 bits per heavy atom. The van der Waals surface area contributed by atoms with Gasteiger partial charge in [-0.3, -0.25) is 19.8 Å². The third kappa shape index (κ3) is 6.71. The highest BCUT2D eigenvalue weighted by molar-refractivity contribution is 8.00. The van der Waals surface area contributed by atoms with Crippen LogP contribution in [0.2, 0.25) is 0 Å². The van der Waals surface area contributed by atoms with Gasteiger partial charge in [0.25, 0.3) is 11.8 Å². The van der Waals surface area contributed by atoms with Gasteiger partial charge in [-0.15, -0.1) is 23.1 Å². The van der Waals surface area contributed by atoms with Crippen molar-refractivity contribution in [3.05, 3.63) is 111 Å². The molecule has 236 valence electrons. The molecule has 2 unspecified atom stereocenters. The maximum Gasteiger partial charge on any atom is 0.408 e. The zero-order valence-corrected chi connectivity index (χ0v) is 27.5. The number of hydrogen-bond acceptors (Lipinski definition) is 10. The largest absolute Gasteiger partial charge is 0.448 e. The number of carbonyl (C=O) groups excluding carboxylic acids is 4. The zero-order chi connectivity index (χ0) is 32.4. The van der Waals surface area contributed by atoms with Crippen LogP contribution in [-0.4, -0.2) is 56.5 Å². The van der Waals surface area contributed by atoms with E-state index in [4.69, 9.17) is 9.47 Å². The van der Waals surface area contributed by atoms with E-state index in [-0.39, 0.29) is 11.6 Å². The summed E-state index contributed by atoms with van der Waals surface area (Å²) < 4.78 is 11.6. The second-order valence-electron chi connectivity index (χ2n) is 11.4. The topological polar surface area (TPSA) is 127 Å². The summed E-state index contributed by atoms with van der Waals surface area (Å²) in [6.45, 7) is 5.21. The van der Waals surface area contributed by atoms with E-state index in [0.29, 0.717) is 26.2 Å². The fourth-order valence-electron chi connectivity index (χ4n) is 5.02. The molecule has 0 aliphatic carbocycles. The summed E-state index contributed by atoms with van der Waals surface area (Å²) in [7, 11) is 0. The molecule has 0 bridgehead atoms. The van der Waals surface area contributed by atoms with Crippen LogP contribution in [0.15, 0.2) is 90.1 Å². The fourth-order valence-corrected chi connectivity index (χ4v) is 7.95. The first-order valence-corrected chi connectivity index (χ1v) is 17.1. The smallest absolute Gasteiger partial charge is 0.408 e. The number of thiazole rings is 1. The summed E-state index contributed by atoms with van der Waals surface area (Å²) in [6.07, 6.45) is 0.114. The number of amides is 3. The van der Waals surface area contributed by atoms with E-state index in [9.17, 15) is 19.2 Å². The third-order valence-electron chi connectivity index (χ3n) is 7.03. The number of alkyl carbamates (subject to hydrolysis) is 1. The predicted molar refractivity (Wildman–Crippen MR) is 178 cm³/mol. The number of aromatic nitrogens is 1. The Kier molecular flexibility index (Phi) is 8.98. The van der Waals surface area contributed by atoms with Gasteiger partial charge in [-0.2, -0.15) is 0 Å². The monoisotopic (exact) mass is 674 g/mol. The van der Waals surface area contributed by atoms with Gasteiger partial charge in [-0.25, -0.2) is 14.6 Å². The number of carbonyl (C=O) groups is 4. The number of anilines is 1. The van der Waals surface area contributed by atoms with E-state index >= 15 is 0 Å². The van der Waals surface area contributed by atoms with Crippen LogP contribution in [0.3, 0.4) is 0 Å². The van der Waals surface area contributed by atoms with Gasteiger partial charge in [-0.1, -0.05) is 78.1 Å². The quantitative estimate of drug-likeness (QED) is 0.165. The van der Waals surface area contributed by atoms with Crippen LogP contribution >= 0.6 is 34.4 Å². The molecule has 0 saturated carbocycles. The highest BCUT2D eigenvalue weighted by atomic mass is 32.2. The van der Waals surface area contributed by atoms with E-state index in [1.165, 1.54) is 39.3 Å². The van der Waals surface area contributed by atoms with Gasteiger partial charge >= 0.3 is 12.1 Å². The van der Waals surface area contributed by atoms with Crippen molar-refractivity contribution in [3.8, 4) is 0 Å². The first-order chi connectivity index (χ1) is 22.1. The van der Waals surface area contributed by atoms with Crippen molar-refractivity contribution in [3.63, 3.8) is 0 Å². The minimum absolute atomic E-state index is 0.0765. The Labute approximate surface area is 277 Å². The molecule has 13 heteroatoms. The van der Waals surface area contributed by atoms with Crippen molar-refractivity contribution in [2.24, 2.45) is 0 Å². The van der Waals surface area contributed by atoms with Crippen molar-refractivity contribution < 1.29 is 28.7 Å². The minimum Gasteiger partial charge on any atom is -0.448 e. The molecule has 3 amide bonds. The Bertz CT molecular complexity index is 1740. The Morgan fingerprint density at radius 2 is 1.65 bits per heavy atom. The van der Waals surface area contributed by atoms with Gasteiger partial charge in [0.05, 0.1) is 9.75 Å². The lowest BCUT2D eigenvalue weighted by atomic mass is 10.0. The predicted octanol–water partition coefficient (Wildman–Crippen LogP) is 6.31. The summed E-state index contributed by atoms with van der Waals surface area (Å²) in [5.74, 6) is -1.11. The maximum atomic E-state index is 14.3. The third-order valence-corrected chi connectivity index (χ3v) is 10.2. The molecule has 1 saturated heterocycles. The van der Waals surface area contributed by atoms with Crippen LogP contribution in [-0.2, 0) is 19.1 Å². The number of β-lactam (4-membered cyclic amide) rings is 1. The molecule has 1 fully saturated rings. The Hall–Kier alpha value is -4.46. The molecular weight excluding hydrogens is 645 g/mol.